The first-order valence-electron chi connectivity index (χ1n) is 8.25. The van der Waals surface area contributed by atoms with Gasteiger partial charge in [-0.25, -0.2) is 4.79 Å². The first kappa shape index (κ1) is 18.8. The minimum absolute atomic E-state index is 0.0545. The molecule has 1 saturated heterocycles. The lowest BCUT2D eigenvalue weighted by Gasteiger charge is -2.11. The van der Waals surface area contributed by atoms with Crippen molar-refractivity contribution in [2.24, 2.45) is 0 Å². The van der Waals surface area contributed by atoms with Crippen LogP contribution in [0.1, 0.15) is 24.0 Å². The van der Waals surface area contributed by atoms with Gasteiger partial charge in [-0.05, 0) is 29.8 Å². The molecule has 0 saturated carbocycles. The van der Waals surface area contributed by atoms with Gasteiger partial charge in [0, 0.05) is 29.0 Å². The summed E-state index contributed by atoms with van der Waals surface area (Å²) in [7, 11) is 0. The molecule has 0 spiro atoms. The molecule has 0 N–H and O–H groups in total. The number of benzene rings is 2. The highest BCUT2D eigenvalue weighted by Crippen LogP contribution is 2.25. The number of carbonyl (C=O) groups is 3. The third-order valence-corrected chi connectivity index (χ3v) is 4.29. The van der Waals surface area contributed by atoms with Crippen LogP contribution in [0.15, 0.2) is 59.1 Å². The minimum atomic E-state index is -0.812. The second-order valence-corrected chi connectivity index (χ2v) is 6.70. The van der Waals surface area contributed by atoms with Crippen molar-refractivity contribution in [3.63, 3.8) is 0 Å². The van der Waals surface area contributed by atoms with E-state index in [1.165, 1.54) is 6.08 Å². The number of rotatable bonds is 6. The maximum atomic E-state index is 11.9. The molecule has 1 fully saturated rings. The van der Waals surface area contributed by atoms with Crippen LogP contribution < -0.4 is 4.74 Å². The molecule has 0 aliphatic carbocycles. The molecular weight excluding hydrogens is 414 g/mol. The molecule has 3 rings (SSSR count). The van der Waals surface area contributed by atoms with Crippen molar-refractivity contribution in [3.05, 3.63) is 70.2 Å². The summed E-state index contributed by atoms with van der Waals surface area (Å²) in [5.74, 6) is -1.26. The molecule has 1 aliphatic heterocycles. The van der Waals surface area contributed by atoms with Gasteiger partial charge < -0.3 is 9.57 Å². The summed E-state index contributed by atoms with van der Waals surface area (Å²) in [5.41, 5.74) is 1.66. The largest absolute Gasteiger partial charge is 0.488 e. The SMILES string of the molecule is O=C(/C=C/c1cc(Br)ccc1OCc1ccccc1)ON1C(=O)CCC1=O. The summed E-state index contributed by atoms with van der Waals surface area (Å²) in [5, 5.41) is 0.514. The summed E-state index contributed by atoms with van der Waals surface area (Å²) < 4.78 is 6.65. The Labute approximate surface area is 164 Å². The zero-order chi connectivity index (χ0) is 19.2. The Morgan fingerprint density at radius 1 is 1.07 bits per heavy atom. The summed E-state index contributed by atoms with van der Waals surface area (Å²) in [6.07, 6.45) is 2.77. The number of amides is 2. The van der Waals surface area contributed by atoms with Gasteiger partial charge in [-0.3, -0.25) is 9.59 Å². The van der Waals surface area contributed by atoms with Crippen molar-refractivity contribution in [2.45, 2.75) is 19.4 Å². The molecule has 0 unspecified atom stereocenters. The van der Waals surface area contributed by atoms with Crippen LogP contribution in [0.3, 0.4) is 0 Å². The van der Waals surface area contributed by atoms with Gasteiger partial charge >= 0.3 is 5.97 Å². The van der Waals surface area contributed by atoms with Crippen LogP contribution in [0.25, 0.3) is 6.08 Å². The number of nitrogens with zero attached hydrogens (tertiary/aromatic N) is 1. The normalized spacial score (nSPS) is 14.0. The van der Waals surface area contributed by atoms with Crippen LogP contribution in [0.4, 0.5) is 0 Å². The zero-order valence-corrected chi connectivity index (χ0v) is 15.8. The van der Waals surface area contributed by atoms with E-state index in [-0.39, 0.29) is 12.8 Å². The van der Waals surface area contributed by atoms with Crippen LogP contribution in [0.2, 0.25) is 0 Å². The average Bonchev–Trinajstić information content (AvgIpc) is 2.98. The number of hydrogen-bond acceptors (Lipinski definition) is 5. The number of hydroxylamine groups is 2. The van der Waals surface area contributed by atoms with Gasteiger partial charge in [0.1, 0.15) is 12.4 Å². The molecule has 2 aromatic carbocycles. The van der Waals surface area contributed by atoms with E-state index in [2.05, 4.69) is 15.9 Å². The molecule has 2 aromatic rings. The van der Waals surface area contributed by atoms with Crippen LogP contribution in [0.5, 0.6) is 5.75 Å². The maximum Gasteiger partial charge on any atom is 0.356 e. The Hall–Kier alpha value is -2.93. The summed E-state index contributed by atoms with van der Waals surface area (Å²) in [6, 6.07) is 15.1. The van der Waals surface area contributed by atoms with Gasteiger partial charge in [-0.15, -0.1) is 5.06 Å². The van der Waals surface area contributed by atoms with Crippen molar-refractivity contribution in [2.75, 3.05) is 0 Å². The van der Waals surface area contributed by atoms with Crippen LogP contribution in [-0.4, -0.2) is 22.8 Å². The van der Waals surface area contributed by atoms with Crippen molar-refractivity contribution >= 4 is 39.8 Å². The predicted molar refractivity (Wildman–Crippen MR) is 101 cm³/mol. The lowest BCUT2D eigenvalue weighted by atomic mass is 10.2. The summed E-state index contributed by atoms with van der Waals surface area (Å²) >= 11 is 3.38. The highest BCUT2D eigenvalue weighted by Gasteiger charge is 2.32. The van der Waals surface area contributed by atoms with E-state index in [4.69, 9.17) is 9.57 Å². The standard InChI is InChI=1S/C20H16BrNO5/c21-16-7-8-17(26-13-14-4-2-1-3-5-14)15(12-16)6-11-20(25)27-22-18(23)9-10-19(22)24/h1-8,11-12H,9-10,13H2/b11-6+. The van der Waals surface area contributed by atoms with E-state index in [9.17, 15) is 14.4 Å². The Balaban J connectivity index is 1.68. The quantitative estimate of drug-likeness (QED) is 0.517. The van der Waals surface area contributed by atoms with E-state index in [1.807, 2.05) is 36.4 Å². The molecule has 7 heteroatoms. The van der Waals surface area contributed by atoms with Gasteiger partial charge in [-0.1, -0.05) is 46.3 Å². The van der Waals surface area contributed by atoms with E-state index in [1.54, 1.807) is 12.1 Å². The lowest BCUT2D eigenvalue weighted by Crippen LogP contribution is -2.31. The third-order valence-electron chi connectivity index (χ3n) is 3.79. The van der Waals surface area contributed by atoms with Gasteiger partial charge in [0.05, 0.1) is 0 Å². The van der Waals surface area contributed by atoms with Crippen molar-refractivity contribution < 1.29 is 24.0 Å². The Kier molecular flexibility index (Phi) is 6.03. The number of imide groups is 1. The fourth-order valence-corrected chi connectivity index (χ4v) is 2.83. The van der Waals surface area contributed by atoms with Gasteiger partial charge in [0.15, 0.2) is 0 Å². The van der Waals surface area contributed by atoms with Crippen molar-refractivity contribution in [1.29, 1.82) is 0 Å². The Morgan fingerprint density at radius 2 is 1.78 bits per heavy atom. The van der Waals surface area contributed by atoms with Gasteiger partial charge in [-0.2, -0.15) is 0 Å². The molecule has 6 nitrogen and oxygen atoms in total. The molecule has 138 valence electrons. The molecule has 0 radical (unpaired) electrons. The maximum absolute atomic E-state index is 11.9. The minimum Gasteiger partial charge on any atom is -0.488 e. The average molecular weight is 430 g/mol. The molecule has 2 amide bonds. The van der Waals surface area contributed by atoms with Crippen LogP contribution >= 0.6 is 15.9 Å². The fraction of sp³-hybridized carbons (Fsp3) is 0.150. The number of carbonyl (C=O) groups excluding carboxylic acids is 3. The van der Waals surface area contributed by atoms with Gasteiger partial charge in [0.25, 0.3) is 11.8 Å². The van der Waals surface area contributed by atoms with E-state index in [0.29, 0.717) is 23.0 Å². The van der Waals surface area contributed by atoms with Gasteiger partial charge in [0.2, 0.25) is 0 Å². The molecule has 1 aliphatic rings. The van der Waals surface area contributed by atoms with E-state index >= 15 is 0 Å². The number of hydrogen-bond donors (Lipinski definition) is 0. The topological polar surface area (TPSA) is 72.9 Å². The summed E-state index contributed by atoms with van der Waals surface area (Å²) in [6.45, 7) is 0.380. The van der Waals surface area contributed by atoms with E-state index < -0.39 is 17.8 Å². The molecule has 0 atom stereocenters. The van der Waals surface area contributed by atoms with Crippen molar-refractivity contribution in [1.82, 2.24) is 5.06 Å². The van der Waals surface area contributed by atoms with Crippen LogP contribution in [0, 0.1) is 0 Å². The van der Waals surface area contributed by atoms with Crippen LogP contribution in [-0.2, 0) is 25.8 Å². The fourth-order valence-electron chi connectivity index (χ4n) is 2.45. The lowest BCUT2D eigenvalue weighted by molar-refractivity contribution is -0.193. The van der Waals surface area contributed by atoms with E-state index in [0.717, 1.165) is 16.1 Å². The first-order chi connectivity index (χ1) is 13.0. The molecule has 0 aromatic heterocycles. The van der Waals surface area contributed by atoms with Crippen molar-refractivity contribution in [3.8, 4) is 5.75 Å². The summed E-state index contributed by atoms with van der Waals surface area (Å²) in [4.78, 5) is 39.7. The monoisotopic (exact) mass is 429 g/mol. The highest BCUT2D eigenvalue weighted by molar-refractivity contribution is 9.10. The Bertz CT molecular complexity index is 879. The second-order valence-electron chi connectivity index (χ2n) is 5.78. The highest BCUT2D eigenvalue weighted by atomic mass is 79.9. The molecule has 0 bridgehead atoms. The molecule has 27 heavy (non-hydrogen) atoms. The number of halogens is 1. The first-order valence-corrected chi connectivity index (χ1v) is 9.04. The molecular formula is C20H16BrNO5. The second kappa shape index (κ2) is 8.64. The molecule has 1 heterocycles. The Morgan fingerprint density at radius 3 is 2.48 bits per heavy atom. The predicted octanol–water partition coefficient (Wildman–Crippen LogP) is 3.65. The smallest absolute Gasteiger partial charge is 0.356 e. The zero-order valence-electron chi connectivity index (χ0n) is 14.3. The number of ether oxygens (including phenoxy) is 1. The third kappa shape index (κ3) is 5.04.